The monoisotopic (exact) mass is 417 g/mol. The first kappa shape index (κ1) is 23.2. The van der Waals surface area contributed by atoms with Crippen LogP contribution in [0.15, 0.2) is 48.6 Å². The van der Waals surface area contributed by atoms with Gasteiger partial charge in [0.05, 0.1) is 12.2 Å². The normalized spacial score (nSPS) is 9.69. The summed E-state index contributed by atoms with van der Waals surface area (Å²) in [7, 11) is 0. The Morgan fingerprint density at radius 2 is 1.72 bits per heavy atom. The standard InChI is InChI=1S/C16H12ClNO3.C4H4O4/c1-2-20-16-7-11(10-19)3-6-14(16)21-15-8-13(17)5-4-12(15)9-18;5-3(6)1-2-4(7)8/h3-8,10H,2H2,1H3;1-2H,(H,5,6)(H,7,8)/b;2-1+. The maximum atomic E-state index is 10.8. The molecular weight excluding hydrogens is 402 g/mol. The van der Waals surface area contributed by atoms with E-state index in [4.69, 9.17) is 36.5 Å². The van der Waals surface area contributed by atoms with Crippen LogP contribution >= 0.6 is 11.6 Å². The quantitative estimate of drug-likeness (QED) is 0.511. The Morgan fingerprint density at radius 1 is 1.07 bits per heavy atom. The maximum absolute atomic E-state index is 10.8. The zero-order valence-electron chi connectivity index (χ0n) is 15.2. The Hall–Kier alpha value is -3.83. The smallest absolute Gasteiger partial charge is 0.328 e. The summed E-state index contributed by atoms with van der Waals surface area (Å²) in [5, 5.41) is 25.2. The molecule has 0 fully saturated rings. The number of aldehydes is 1. The van der Waals surface area contributed by atoms with Crippen LogP contribution in [0.25, 0.3) is 0 Å². The van der Waals surface area contributed by atoms with Crippen LogP contribution in [-0.2, 0) is 9.59 Å². The van der Waals surface area contributed by atoms with Gasteiger partial charge in [-0.2, -0.15) is 5.26 Å². The van der Waals surface area contributed by atoms with Gasteiger partial charge >= 0.3 is 11.9 Å². The molecule has 150 valence electrons. The van der Waals surface area contributed by atoms with Crippen molar-refractivity contribution in [1.82, 2.24) is 0 Å². The van der Waals surface area contributed by atoms with Crippen LogP contribution in [0.2, 0.25) is 5.02 Å². The number of carbonyl (C=O) groups is 3. The lowest BCUT2D eigenvalue weighted by Crippen LogP contribution is -1.97. The molecule has 0 atom stereocenters. The SMILES string of the molecule is CCOc1cc(C=O)ccc1Oc1cc(Cl)ccc1C#N.O=C(O)/C=C/C(=O)O. The first-order chi connectivity index (χ1) is 13.8. The molecule has 0 radical (unpaired) electrons. The number of carbonyl (C=O) groups excluding carboxylic acids is 1. The summed E-state index contributed by atoms with van der Waals surface area (Å²) in [4.78, 5) is 29.9. The van der Waals surface area contributed by atoms with Gasteiger partial charge in [-0.15, -0.1) is 0 Å². The average Bonchev–Trinajstić information content (AvgIpc) is 2.68. The molecule has 0 heterocycles. The lowest BCUT2D eigenvalue weighted by atomic mass is 10.2. The molecule has 2 N–H and O–H groups in total. The predicted molar refractivity (Wildman–Crippen MR) is 104 cm³/mol. The second kappa shape index (κ2) is 11.8. The molecule has 9 heteroatoms. The molecule has 0 bridgehead atoms. The van der Waals surface area contributed by atoms with Gasteiger partial charge in [-0.05, 0) is 37.3 Å². The predicted octanol–water partition coefficient (Wildman–Crippen LogP) is 3.93. The molecule has 0 spiro atoms. The summed E-state index contributed by atoms with van der Waals surface area (Å²) >= 11 is 5.92. The molecule has 0 aliphatic rings. The highest BCUT2D eigenvalue weighted by Crippen LogP contribution is 2.34. The minimum absolute atomic E-state index is 0.338. The summed E-state index contributed by atoms with van der Waals surface area (Å²) in [5.74, 6) is -1.32. The van der Waals surface area contributed by atoms with Gasteiger partial charge in [-0.1, -0.05) is 11.6 Å². The van der Waals surface area contributed by atoms with Gasteiger partial charge in [0, 0.05) is 28.8 Å². The van der Waals surface area contributed by atoms with Gasteiger partial charge in [-0.3, -0.25) is 4.79 Å². The first-order valence-electron chi connectivity index (χ1n) is 8.04. The van der Waals surface area contributed by atoms with Crippen LogP contribution in [0.1, 0.15) is 22.8 Å². The topological polar surface area (TPSA) is 134 Å². The fourth-order valence-corrected chi connectivity index (χ4v) is 2.05. The summed E-state index contributed by atoms with van der Waals surface area (Å²) in [6.07, 6.45) is 1.84. The van der Waals surface area contributed by atoms with Crippen molar-refractivity contribution in [3.8, 4) is 23.3 Å². The minimum Gasteiger partial charge on any atom is -0.490 e. The van der Waals surface area contributed by atoms with E-state index in [0.29, 0.717) is 52.2 Å². The third kappa shape index (κ3) is 8.15. The molecule has 0 saturated carbocycles. The summed E-state index contributed by atoms with van der Waals surface area (Å²) in [5.41, 5.74) is 0.846. The third-order valence-electron chi connectivity index (χ3n) is 3.06. The molecule has 2 aromatic rings. The Labute approximate surface area is 171 Å². The molecule has 0 unspecified atom stereocenters. The molecule has 29 heavy (non-hydrogen) atoms. The molecule has 0 amide bonds. The maximum Gasteiger partial charge on any atom is 0.328 e. The fourth-order valence-electron chi connectivity index (χ4n) is 1.88. The summed E-state index contributed by atoms with van der Waals surface area (Å²) in [6, 6.07) is 11.6. The lowest BCUT2D eigenvalue weighted by molar-refractivity contribution is -0.134. The summed E-state index contributed by atoms with van der Waals surface area (Å²) in [6.45, 7) is 2.26. The number of ether oxygens (including phenoxy) is 2. The molecule has 0 saturated heterocycles. The number of nitriles is 1. The van der Waals surface area contributed by atoms with E-state index in [1.54, 1.807) is 36.4 Å². The van der Waals surface area contributed by atoms with Gasteiger partial charge in [0.1, 0.15) is 18.1 Å². The van der Waals surface area contributed by atoms with Crippen LogP contribution in [0, 0.1) is 11.3 Å². The largest absolute Gasteiger partial charge is 0.490 e. The molecule has 0 aliphatic carbocycles. The first-order valence-corrected chi connectivity index (χ1v) is 8.42. The van der Waals surface area contributed by atoms with Crippen LogP contribution in [0.4, 0.5) is 0 Å². The number of nitrogens with zero attached hydrogens (tertiary/aromatic N) is 1. The molecule has 0 aromatic heterocycles. The molecule has 0 aliphatic heterocycles. The number of carboxylic acid groups (broad SMARTS) is 2. The van der Waals surface area contributed by atoms with Crippen molar-refractivity contribution in [1.29, 1.82) is 5.26 Å². The van der Waals surface area contributed by atoms with Crippen LogP contribution in [-0.4, -0.2) is 35.0 Å². The van der Waals surface area contributed by atoms with Crippen molar-refractivity contribution in [2.24, 2.45) is 0 Å². The van der Waals surface area contributed by atoms with E-state index >= 15 is 0 Å². The highest BCUT2D eigenvalue weighted by Gasteiger charge is 2.11. The van der Waals surface area contributed by atoms with Crippen LogP contribution in [0.5, 0.6) is 17.2 Å². The highest BCUT2D eigenvalue weighted by atomic mass is 35.5. The highest BCUT2D eigenvalue weighted by molar-refractivity contribution is 6.30. The minimum atomic E-state index is -1.26. The van der Waals surface area contributed by atoms with Crippen molar-refractivity contribution in [2.75, 3.05) is 6.61 Å². The van der Waals surface area contributed by atoms with E-state index in [-0.39, 0.29) is 0 Å². The van der Waals surface area contributed by atoms with E-state index in [9.17, 15) is 14.4 Å². The third-order valence-corrected chi connectivity index (χ3v) is 3.29. The molecule has 2 aromatic carbocycles. The number of halogens is 1. The van der Waals surface area contributed by atoms with Gasteiger partial charge in [0.25, 0.3) is 0 Å². The number of aliphatic carboxylic acids is 2. The van der Waals surface area contributed by atoms with Gasteiger partial charge in [-0.25, -0.2) is 9.59 Å². The zero-order valence-corrected chi connectivity index (χ0v) is 15.9. The van der Waals surface area contributed by atoms with Gasteiger partial charge in [0.2, 0.25) is 0 Å². The van der Waals surface area contributed by atoms with Crippen LogP contribution < -0.4 is 9.47 Å². The van der Waals surface area contributed by atoms with E-state index in [1.165, 1.54) is 0 Å². The molecule has 8 nitrogen and oxygen atoms in total. The van der Waals surface area contributed by atoms with E-state index in [1.807, 2.05) is 13.0 Å². The second-order valence-electron chi connectivity index (χ2n) is 5.12. The number of benzene rings is 2. The van der Waals surface area contributed by atoms with Crippen molar-refractivity contribution in [3.63, 3.8) is 0 Å². The second-order valence-corrected chi connectivity index (χ2v) is 5.56. The zero-order chi connectivity index (χ0) is 21.8. The van der Waals surface area contributed by atoms with E-state index < -0.39 is 11.9 Å². The van der Waals surface area contributed by atoms with Crippen molar-refractivity contribution in [3.05, 3.63) is 64.7 Å². The van der Waals surface area contributed by atoms with E-state index in [2.05, 4.69) is 0 Å². The molecular formula is C20H16ClNO7. The van der Waals surface area contributed by atoms with Crippen molar-refractivity contribution in [2.45, 2.75) is 6.92 Å². The van der Waals surface area contributed by atoms with Crippen molar-refractivity contribution >= 4 is 29.8 Å². The Balaban J connectivity index is 0.000000447. The lowest BCUT2D eigenvalue weighted by Gasteiger charge is -2.13. The Morgan fingerprint density at radius 3 is 2.24 bits per heavy atom. The van der Waals surface area contributed by atoms with Crippen LogP contribution in [0.3, 0.4) is 0 Å². The Bertz CT molecular complexity index is 948. The average molecular weight is 418 g/mol. The van der Waals surface area contributed by atoms with Gasteiger partial charge in [0.15, 0.2) is 11.5 Å². The molecule has 2 rings (SSSR count). The fraction of sp³-hybridized carbons (Fsp3) is 0.100. The summed E-state index contributed by atoms with van der Waals surface area (Å²) < 4.78 is 11.2. The van der Waals surface area contributed by atoms with E-state index in [0.717, 1.165) is 6.29 Å². The van der Waals surface area contributed by atoms with Gasteiger partial charge < -0.3 is 19.7 Å². The number of carboxylic acids is 2. The number of hydrogen-bond acceptors (Lipinski definition) is 6. The number of hydrogen-bond donors (Lipinski definition) is 2. The Kier molecular flexibility index (Phi) is 9.44. The number of rotatable bonds is 7. The van der Waals surface area contributed by atoms with Crippen molar-refractivity contribution < 1.29 is 34.1 Å².